The van der Waals surface area contributed by atoms with Crippen molar-refractivity contribution in [2.75, 3.05) is 6.54 Å². The summed E-state index contributed by atoms with van der Waals surface area (Å²) in [4.78, 5) is 0. The normalized spacial score (nSPS) is 12.9. The summed E-state index contributed by atoms with van der Waals surface area (Å²) in [7, 11) is 0. The summed E-state index contributed by atoms with van der Waals surface area (Å²) in [5, 5.41) is 9.72. The maximum atomic E-state index is 9.72. The Kier molecular flexibility index (Phi) is 3.33. The van der Waals surface area contributed by atoms with Crippen LogP contribution in [0.25, 0.3) is 0 Å². The van der Waals surface area contributed by atoms with E-state index in [4.69, 9.17) is 5.73 Å². The minimum atomic E-state index is 0.191. The molecule has 0 heterocycles. The summed E-state index contributed by atoms with van der Waals surface area (Å²) >= 11 is 3.30. The summed E-state index contributed by atoms with van der Waals surface area (Å²) in [5.74, 6) is 0.500. The van der Waals surface area contributed by atoms with Gasteiger partial charge in [-0.1, -0.05) is 13.0 Å². The molecule has 0 fully saturated rings. The Morgan fingerprint density at radius 2 is 2.15 bits per heavy atom. The van der Waals surface area contributed by atoms with E-state index in [1.807, 2.05) is 26.0 Å². The van der Waals surface area contributed by atoms with Crippen molar-refractivity contribution < 1.29 is 5.11 Å². The molecule has 72 valence electrons. The number of benzene rings is 1. The van der Waals surface area contributed by atoms with Gasteiger partial charge in [-0.15, -0.1) is 0 Å². The van der Waals surface area contributed by atoms with Crippen LogP contribution >= 0.6 is 15.9 Å². The van der Waals surface area contributed by atoms with E-state index in [0.29, 0.717) is 12.3 Å². The third-order valence-corrected chi connectivity index (χ3v) is 2.73. The summed E-state index contributed by atoms with van der Waals surface area (Å²) in [5.41, 5.74) is 7.58. The van der Waals surface area contributed by atoms with E-state index in [0.717, 1.165) is 15.6 Å². The van der Waals surface area contributed by atoms with Gasteiger partial charge in [0, 0.05) is 0 Å². The van der Waals surface area contributed by atoms with Crippen LogP contribution in [-0.4, -0.2) is 11.7 Å². The minimum Gasteiger partial charge on any atom is -0.506 e. The van der Waals surface area contributed by atoms with Crippen molar-refractivity contribution in [2.45, 2.75) is 19.8 Å². The number of hydrogen-bond acceptors (Lipinski definition) is 2. The summed E-state index contributed by atoms with van der Waals surface area (Å²) < 4.78 is 0.739. The van der Waals surface area contributed by atoms with Crippen molar-refractivity contribution in [3.05, 3.63) is 27.7 Å². The zero-order valence-electron chi connectivity index (χ0n) is 7.84. The first-order valence-electron chi connectivity index (χ1n) is 4.25. The molecule has 0 aliphatic heterocycles. The van der Waals surface area contributed by atoms with Gasteiger partial charge in [0.1, 0.15) is 5.75 Å². The molecule has 1 atom stereocenters. The number of nitrogens with two attached hydrogens (primary N) is 1. The monoisotopic (exact) mass is 243 g/mol. The highest BCUT2D eigenvalue weighted by Crippen LogP contribution is 2.33. The Bertz CT molecular complexity index is 312. The first-order valence-corrected chi connectivity index (χ1v) is 5.04. The van der Waals surface area contributed by atoms with E-state index < -0.39 is 0 Å². The van der Waals surface area contributed by atoms with Gasteiger partial charge >= 0.3 is 0 Å². The standard InChI is InChI=1S/C10H14BrNO/c1-6-3-8(7(2)5-12)10(13)9(11)4-6/h3-4,7,13H,5,12H2,1-2H3. The van der Waals surface area contributed by atoms with Crippen LogP contribution in [0.1, 0.15) is 24.0 Å². The molecule has 1 aromatic carbocycles. The van der Waals surface area contributed by atoms with Gasteiger partial charge in [0.15, 0.2) is 0 Å². The molecule has 0 bridgehead atoms. The average Bonchev–Trinajstić information content (AvgIpc) is 2.10. The van der Waals surface area contributed by atoms with Crippen molar-refractivity contribution in [1.29, 1.82) is 0 Å². The average molecular weight is 244 g/mol. The van der Waals surface area contributed by atoms with E-state index in [2.05, 4.69) is 15.9 Å². The van der Waals surface area contributed by atoms with Gasteiger partial charge < -0.3 is 10.8 Å². The largest absolute Gasteiger partial charge is 0.506 e. The highest BCUT2D eigenvalue weighted by Gasteiger charge is 2.11. The molecule has 1 aromatic rings. The predicted octanol–water partition coefficient (Wildman–Crippen LogP) is 2.53. The number of phenols is 1. The number of rotatable bonds is 2. The molecule has 1 unspecified atom stereocenters. The van der Waals surface area contributed by atoms with Crippen molar-refractivity contribution in [2.24, 2.45) is 5.73 Å². The van der Waals surface area contributed by atoms with Gasteiger partial charge in [0.2, 0.25) is 0 Å². The predicted molar refractivity (Wildman–Crippen MR) is 58.0 cm³/mol. The van der Waals surface area contributed by atoms with Crippen molar-refractivity contribution in [3.8, 4) is 5.75 Å². The molecule has 13 heavy (non-hydrogen) atoms. The SMILES string of the molecule is Cc1cc(Br)c(O)c(C(C)CN)c1. The van der Waals surface area contributed by atoms with Gasteiger partial charge in [-0.05, 0) is 52.5 Å². The number of hydrogen-bond donors (Lipinski definition) is 2. The number of phenolic OH excluding ortho intramolecular Hbond substituents is 1. The lowest BCUT2D eigenvalue weighted by molar-refractivity contribution is 0.459. The third-order valence-electron chi connectivity index (χ3n) is 2.12. The minimum absolute atomic E-state index is 0.191. The lowest BCUT2D eigenvalue weighted by Gasteiger charge is -2.13. The van der Waals surface area contributed by atoms with E-state index in [9.17, 15) is 5.11 Å². The van der Waals surface area contributed by atoms with Gasteiger partial charge in [-0.3, -0.25) is 0 Å². The van der Waals surface area contributed by atoms with Crippen LogP contribution < -0.4 is 5.73 Å². The summed E-state index contributed by atoms with van der Waals surface area (Å²) in [6.07, 6.45) is 0. The molecule has 0 aromatic heterocycles. The highest BCUT2D eigenvalue weighted by molar-refractivity contribution is 9.10. The van der Waals surface area contributed by atoms with Crippen molar-refractivity contribution in [3.63, 3.8) is 0 Å². The Morgan fingerprint density at radius 1 is 1.54 bits per heavy atom. The van der Waals surface area contributed by atoms with Crippen LogP contribution in [0.3, 0.4) is 0 Å². The molecule has 2 nitrogen and oxygen atoms in total. The van der Waals surface area contributed by atoms with Crippen LogP contribution in [-0.2, 0) is 0 Å². The molecule has 3 heteroatoms. The molecule has 0 amide bonds. The van der Waals surface area contributed by atoms with E-state index >= 15 is 0 Å². The number of aryl methyl sites for hydroxylation is 1. The molecule has 1 rings (SSSR count). The lowest BCUT2D eigenvalue weighted by Crippen LogP contribution is -2.09. The van der Waals surface area contributed by atoms with Crippen molar-refractivity contribution >= 4 is 15.9 Å². The van der Waals surface area contributed by atoms with Crippen LogP contribution in [0, 0.1) is 6.92 Å². The molecule has 0 saturated heterocycles. The zero-order chi connectivity index (χ0) is 10.0. The van der Waals surface area contributed by atoms with Crippen LogP contribution in [0.15, 0.2) is 16.6 Å². The van der Waals surface area contributed by atoms with E-state index in [1.165, 1.54) is 0 Å². The first kappa shape index (κ1) is 10.5. The summed E-state index contributed by atoms with van der Waals surface area (Å²) in [6, 6.07) is 3.86. The van der Waals surface area contributed by atoms with Gasteiger partial charge in [0.25, 0.3) is 0 Å². The van der Waals surface area contributed by atoms with Crippen molar-refractivity contribution in [1.82, 2.24) is 0 Å². The molecule has 0 radical (unpaired) electrons. The Morgan fingerprint density at radius 3 is 2.69 bits per heavy atom. The molecular formula is C10H14BrNO. The number of aromatic hydroxyl groups is 1. The van der Waals surface area contributed by atoms with Crippen LogP contribution in [0.5, 0.6) is 5.75 Å². The summed E-state index contributed by atoms with van der Waals surface area (Å²) in [6.45, 7) is 4.54. The Labute approximate surface area is 86.9 Å². The molecule has 0 spiro atoms. The highest BCUT2D eigenvalue weighted by atomic mass is 79.9. The quantitative estimate of drug-likeness (QED) is 0.839. The number of halogens is 1. The molecule has 3 N–H and O–H groups in total. The van der Waals surface area contributed by atoms with Crippen LogP contribution in [0.4, 0.5) is 0 Å². The lowest BCUT2D eigenvalue weighted by atomic mass is 9.98. The second-order valence-electron chi connectivity index (χ2n) is 3.32. The second-order valence-corrected chi connectivity index (χ2v) is 4.18. The Hall–Kier alpha value is -0.540. The van der Waals surface area contributed by atoms with E-state index in [-0.39, 0.29) is 5.92 Å². The molecule has 0 saturated carbocycles. The van der Waals surface area contributed by atoms with Gasteiger partial charge in [-0.25, -0.2) is 0 Å². The fourth-order valence-electron chi connectivity index (χ4n) is 1.26. The van der Waals surface area contributed by atoms with Gasteiger partial charge in [-0.2, -0.15) is 0 Å². The smallest absolute Gasteiger partial charge is 0.133 e. The second kappa shape index (κ2) is 4.11. The Balaban J connectivity index is 3.20. The third kappa shape index (κ3) is 2.23. The van der Waals surface area contributed by atoms with E-state index in [1.54, 1.807) is 0 Å². The maximum absolute atomic E-state index is 9.72. The molecule has 0 aliphatic carbocycles. The fourth-order valence-corrected chi connectivity index (χ4v) is 1.85. The van der Waals surface area contributed by atoms with Gasteiger partial charge in [0.05, 0.1) is 4.47 Å². The molecule has 0 aliphatic rings. The first-order chi connectivity index (χ1) is 6.06. The zero-order valence-corrected chi connectivity index (χ0v) is 9.43. The fraction of sp³-hybridized carbons (Fsp3) is 0.400. The molecular weight excluding hydrogens is 230 g/mol. The topological polar surface area (TPSA) is 46.2 Å². The maximum Gasteiger partial charge on any atom is 0.133 e. The van der Waals surface area contributed by atoms with Crippen LogP contribution in [0.2, 0.25) is 0 Å².